The summed E-state index contributed by atoms with van der Waals surface area (Å²) in [7, 11) is 1.57. The van der Waals surface area contributed by atoms with Crippen LogP contribution in [-0.2, 0) is 11.3 Å². The van der Waals surface area contributed by atoms with Gasteiger partial charge in [0.05, 0.1) is 0 Å². The molecule has 0 radical (unpaired) electrons. The molecule has 20 heavy (non-hydrogen) atoms. The Labute approximate surface area is 124 Å². The second-order valence-corrected chi connectivity index (χ2v) is 5.59. The molecule has 1 aliphatic rings. The molecule has 5 nitrogen and oxygen atoms in total. The summed E-state index contributed by atoms with van der Waals surface area (Å²) < 4.78 is 9.93. The summed E-state index contributed by atoms with van der Waals surface area (Å²) in [5.74, 6) is 1.99. The number of aromatic nitrogens is 1. The lowest BCUT2D eigenvalue weighted by atomic mass is 9.80. The first kappa shape index (κ1) is 15.3. The number of alkyl halides is 1. The molecule has 0 bridgehead atoms. The number of ether oxygens (including phenoxy) is 1. The third-order valence-electron chi connectivity index (χ3n) is 3.87. The monoisotopic (exact) mass is 300 g/mol. The Morgan fingerprint density at radius 3 is 2.95 bits per heavy atom. The Bertz CT molecular complexity index is 436. The van der Waals surface area contributed by atoms with Crippen LogP contribution in [0.1, 0.15) is 41.9 Å². The van der Waals surface area contributed by atoms with E-state index in [0.29, 0.717) is 42.3 Å². The highest BCUT2D eigenvalue weighted by Gasteiger charge is 2.25. The van der Waals surface area contributed by atoms with Gasteiger partial charge in [-0.2, -0.15) is 0 Å². The van der Waals surface area contributed by atoms with Crippen molar-refractivity contribution in [2.45, 2.75) is 32.3 Å². The Hall–Kier alpha value is -1.07. The van der Waals surface area contributed by atoms with Gasteiger partial charge in [-0.1, -0.05) is 18.0 Å². The molecule has 1 aromatic rings. The van der Waals surface area contributed by atoms with Gasteiger partial charge in [-0.25, -0.2) is 0 Å². The average Bonchev–Trinajstić information content (AvgIpc) is 2.94. The molecule has 6 heteroatoms. The number of carbonyl (C=O) groups excluding carboxylic acids is 1. The minimum absolute atomic E-state index is 0.199. The molecule has 1 heterocycles. The second-order valence-electron chi connectivity index (χ2n) is 5.28. The number of hydrogen-bond donors (Lipinski definition) is 1. The molecule has 1 aromatic heterocycles. The highest BCUT2D eigenvalue weighted by Crippen LogP contribution is 2.30. The minimum atomic E-state index is -0.199. The molecule has 1 N–H and O–H groups in total. The lowest BCUT2D eigenvalue weighted by Crippen LogP contribution is -2.35. The summed E-state index contributed by atoms with van der Waals surface area (Å²) in [5, 5.41) is 6.67. The van der Waals surface area contributed by atoms with Crippen LogP contribution in [0.5, 0.6) is 0 Å². The first-order valence-corrected chi connectivity index (χ1v) is 7.56. The van der Waals surface area contributed by atoms with Crippen molar-refractivity contribution in [1.29, 1.82) is 0 Å². The molecule has 0 aromatic carbocycles. The minimum Gasteiger partial charge on any atom is -0.377 e. The first-order chi connectivity index (χ1) is 9.74. The molecule has 1 amide bonds. The summed E-state index contributed by atoms with van der Waals surface area (Å²) in [6.45, 7) is 0.972. The number of hydrogen-bond acceptors (Lipinski definition) is 4. The maximum Gasteiger partial charge on any atom is 0.273 e. The number of methoxy groups -OCH3 is 1. The third-order valence-corrected chi connectivity index (χ3v) is 4.26. The Morgan fingerprint density at radius 1 is 1.50 bits per heavy atom. The van der Waals surface area contributed by atoms with Crippen LogP contribution >= 0.6 is 11.6 Å². The van der Waals surface area contributed by atoms with Gasteiger partial charge in [0, 0.05) is 25.6 Å². The van der Waals surface area contributed by atoms with Crippen LogP contribution in [0.2, 0.25) is 0 Å². The fourth-order valence-electron chi connectivity index (χ4n) is 2.70. The van der Waals surface area contributed by atoms with Crippen LogP contribution in [0.15, 0.2) is 10.6 Å². The summed E-state index contributed by atoms with van der Waals surface area (Å²) in [4.78, 5) is 12.0. The van der Waals surface area contributed by atoms with E-state index in [1.807, 2.05) is 0 Å². The molecule has 2 atom stereocenters. The van der Waals surface area contributed by atoms with E-state index < -0.39 is 0 Å². The van der Waals surface area contributed by atoms with Gasteiger partial charge in [0.15, 0.2) is 11.5 Å². The van der Waals surface area contributed by atoms with Crippen molar-refractivity contribution in [1.82, 2.24) is 10.5 Å². The zero-order valence-electron chi connectivity index (χ0n) is 11.7. The van der Waals surface area contributed by atoms with Crippen molar-refractivity contribution < 1.29 is 14.1 Å². The van der Waals surface area contributed by atoms with E-state index in [4.69, 9.17) is 20.9 Å². The van der Waals surface area contributed by atoms with Gasteiger partial charge in [-0.05, 0) is 24.7 Å². The van der Waals surface area contributed by atoms with E-state index in [-0.39, 0.29) is 5.91 Å². The second kappa shape index (κ2) is 7.64. The number of amides is 1. The zero-order valence-corrected chi connectivity index (χ0v) is 12.5. The largest absolute Gasteiger partial charge is 0.377 e. The van der Waals surface area contributed by atoms with E-state index in [0.717, 1.165) is 12.8 Å². The molecule has 1 aliphatic carbocycles. The lowest BCUT2D eigenvalue weighted by Gasteiger charge is -2.30. The number of halogens is 1. The fraction of sp³-hybridized carbons (Fsp3) is 0.714. The van der Waals surface area contributed by atoms with Crippen molar-refractivity contribution in [2.24, 2.45) is 11.8 Å². The normalized spacial score (nSPS) is 22.7. The van der Waals surface area contributed by atoms with Crippen LogP contribution in [0.25, 0.3) is 0 Å². The van der Waals surface area contributed by atoms with Crippen LogP contribution in [0, 0.1) is 11.8 Å². The van der Waals surface area contributed by atoms with Crippen molar-refractivity contribution in [3.05, 3.63) is 17.5 Å². The molecule has 1 fully saturated rings. The average molecular weight is 301 g/mol. The quantitative estimate of drug-likeness (QED) is 0.820. The van der Waals surface area contributed by atoms with E-state index in [1.165, 1.54) is 12.8 Å². The van der Waals surface area contributed by atoms with Gasteiger partial charge >= 0.3 is 0 Å². The van der Waals surface area contributed by atoms with Crippen LogP contribution < -0.4 is 5.32 Å². The van der Waals surface area contributed by atoms with Gasteiger partial charge in [0.25, 0.3) is 5.91 Å². The van der Waals surface area contributed by atoms with Crippen LogP contribution in [-0.4, -0.2) is 30.6 Å². The lowest BCUT2D eigenvalue weighted by molar-refractivity contribution is 0.0927. The topological polar surface area (TPSA) is 64.4 Å². The van der Waals surface area contributed by atoms with E-state index in [1.54, 1.807) is 13.2 Å². The van der Waals surface area contributed by atoms with Gasteiger partial charge in [-0.15, -0.1) is 11.6 Å². The van der Waals surface area contributed by atoms with Crippen LogP contribution in [0.4, 0.5) is 0 Å². The maximum absolute atomic E-state index is 12.0. The van der Waals surface area contributed by atoms with Gasteiger partial charge < -0.3 is 14.6 Å². The fourth-order valence-corrected chi connectivity index (χ4v) is 3.11. The van der Waals surface area contributed by atoms with Crippen molar-refractivity contribution in [3.8, 4) is 0 Å². The zero-order chi connectivity index (χ0) is 14.4. The number of rotatable bonds is 6. The smallest absolute Gasteiger partial charge is 0.273 e. The van der Waals surface area contributed by atoms with Gasteiger partial charge in [-0.3, -0.25) is 4.79 Å². The third kappa shape index (κ3) is 3.96. The number of nitrogens with one attached hydrogen (secondary N) is 1. The highest BCUT2D eigenvalue weighted by atomic mass is 35.5. The number of nitrogens with zero attached hydrogens (tertiary/aromatic N) is 1. The molecule has 0 aliphatic heterocycles. The van der Waals surface area contributed by atoms with Crippen LogP contribution in [0.3, 0.4) is 0 Å². The summed E-state index contributed by atoms with van der Waals surface area (Å²) in [6.07, 6.45) is 4.75. The number of carbonyl (C=O) groups is 1. The van der Waals surface area contributed by atoms with Gasteiger partial charge in [0.1, 0.15) is 6.61 Å². The Morgan fingerprint density at radius 2 is 2.25 bits per heavy atom. The molecule has 2 rings (SSSR count). The van der Waals surface area contributed by atoms with E-state index in [2.05, 4.69) is 10.5 Å². The molecule has 2 unspecified atom stereocenters. The Balaban J connectivity index is 1.84. The molecular weight excluding hydrogens is 280 g/mol. The Kier molecular flexibility index (Phi) is 5.86. The molecule has 112 valence electrons. The van der Waals surface area contributed by atoms with E-state index >= 15 is 0 Å². The molecular formula is C14H21ClN2O3. The van der Waals surface area contributed by atoms with Crippen molar-refractivity contribution in [2.75, 3.05) is 19.5 Å². The molecule has 0 spiro atoms. The predicted octanol–water partition coefficient (Wildman–Crippen LogP) is 2.60. The summed E-state index contributed by atoms with van der Waals surface area (Å²) in [5.41, 5.74) is 0.301. The van der Waals surface area contributed by atoms with Crippen molar-refractivity contribution in [3.63, 3.8) is 0 Å². The van der Waals surface area contributed by atoms with Gasteiger partial charge in [0.2, 0.25) is 0 Å². The highest BCUT2D eigenvalue weighted by molar-refractivity contribution is 6.18. The van der Waals surface area contributed by atoms with E-state index in [9.17, 15) is 4.79 Å². The predicted molar refractivity (Wildman–Crippen MR) is 75.7 cm³/mol. The summed E-state index contributed by atoms with van der Waals surface area (Å²) in [6, 6.07) is 1.61. The standard InChI is InChI=1S/C14H21ClN2O3/c1-19-9-12-6-13(17-20-12)14(18)16-8-11-5-3-2-4-10(11)7-15/h6,10-11H,2-5,7-9H2,1H3,(H,16,18). The summed E-state index contributed by atoms with van der Waals surface area (Å²) >= 11 is 5.99. The molecule has 1 saturated carbocycles. The maximum atomic E-state index is 12.0. The van der Waals surface area contributed by atoms with Crippen molar-refractivity contribution >= 4 is 17.5 Å². The molecule has 0 saturated heterocycles. The first-order valence-electron chi connectivity index (χ1n) is 7.03. The SMILES string of the molecule is COCc1cc(C(=O)NCC2CCCCC2CCl)no1.